The van der Waals surface area contributed by atoms with Crippen LogP contribution in [-0.2, 0) is 0 Å². The molecule has 90 heavy (non-hydrogen) atoms. The van der Waals surface area contributed by atoms with E-state index < -0.39 is 0 Å². The Kier molecular flexibility index (Phi) is 14.7. The molecule has 0 aliphatic carbocycles. The monoisotopic (exact) mass is 1150 g/mol. The normalized spacial score (nSPS) is 11.5. The Morgan fingerprint density at radius 1 is 0.211 bits per heavy atom. The first kappa shape index (κ1) is 55.5. The number of fused-ring (bicyclic) bond motifs is 9. The molecular formula is C88H68N2. The van der Waals surface area contributed by atoms with Gasteiger partial charge in [-0.1, -0.05) is 289 Å². The smallest absolute Gasteiger partial charge is 0.0546 e. The van der Waals surface area contributed by atoms with E-state index >= 15 is 0 Å². The molecule has 0 aliphatic rings. The summed E-state index contributed by atoms with van der Waals surface area (Å²) in [6.07, 6.45) is 0. The topological polar surface area (TPSA) is 6.48 Å². The molecule has 0 aromatic heterocycles. The van der Waals surface area contributed by atoms with Crippen LogP contribution in [0.25, 0.3) is 109 Å². The van der Waals surface area contributed by atoms with Gasteiger partial charge in [0.05, 0.1) is 11.4 Å². The SMILES string of the molecule is CC(C)c1ccc(N(c2ccccc2)c2cc3c4ccccc4c(N(c4ccccc4)c4ccc(C(C)C)cc4)cc3c3ccccc23)cc1.c1ccc2cc(-c3c4ccccc4c(-c4ccc(-c5cccc6ccccc56)cc4)c4ccccc34)ccc2c1. The Bertz CT molecular complexity index is 5040. The van der Waals surface area contributed by atoms with Crippen LogP contribution in [0, 0.1) is 0 Å². The first-order valence-corrected chi connectivity index (χ1v) is 31.6. The van der Waals surface area contributed by atoms with Crippen molar-refractivity contribution in [3.05, 3.63) is 339 Å². The maximum absolute atomic E-state index is 2.42. The molecule has 0 saturated carbocycles. The van der Waals surface area contributed by atoms with Crippen LogP contribution in [0.5, 0.6) is 0 Å². The fraction of sp³-hybridized carbons (Fsp3) is 0.0682. The highest BCUT2D eigenvalue weighted by Gasteiger charge is 2.23. The van der Waals surface area contributed by atoms with E-state index in [4.69, 9.17) is 0 Å². The summed E-state index contributed by atoms with van der Waals surface area (Å²) >= 11 is 0. The van der Waals surface area contributed by atoms with Crippen LogP contribution in [0.4, 0.5) is 34.1 Å². The van der Waals surface area contributed by atoms with Gasteiger partial charge in [0, 0.05) is 33.5 Å². The second kappa shape index (κ2) is 23.9. The second-order valence-corrected chi connectivity index (χ2v) is 24.3. The van der Waals surface area contributed by atoms with Gasteiger partial charge >= 0.3 is 0 Å². The zero-order chi connectivity index (χ0) is 60.7. The maximum Gasteiger partial charge on any atom is 0.0546 e. The molecule has 0 unspecified atom stereocenters. The van der Waals surface area contributed by atoms with Gasteiger partial charge in [0.2, 0.25) is 0 Å². The highest BCUT2D eigenvalue weighted by atomic mass is 15.2. The van der Waals surface area contributed by atoms with Gasteiger partial charge in [-0.3, -0.25) is 0 Å². The van der Waals surface area contributed by atoms with Crippen molar-refractivity contribution in [1.82, 2.24) is 0 Å². The third-order valence-electron chi connectivity index (χ3n) is 18.2. The standard InChI is InChI=1S/C48H42N2.C40H26/c1-33(2)35-23-27-39(28-24-35)49(37-15-7-5-8-16-37)47-31-45-42-20-12-14-22-44(42)48(32-46(45)41-19-11-13-21-43(41)47)50(38-17-9-6-10-18-38)40-29-25-36(26-30-40)34(3)4;1-2-12-31-26-32(25-20-27(31)10-1)40-37-17-7-5-15-35(37)39(36-16-6-8-18-38(36)40)30-23-21-29(22-24-30)34-19-9-13-28-11-3-4-14-33(28)34/h5-34H,1-4H3;1-26H. The molecule has 0 heterocycles. The molecular weight excluding hydrogens is 1080 g/mol. The lowest BCUT2D eigenvalue weighted by Crippen LogP contribution is -2.12. The zero-order valence-electron chi connectivity index (χ0n) is 51.2. The summed E-state index contributed by atoms with van der Waals surface area (Å²) in [6.45, 7) is 9.00. The predicted octanol–water partition coefficient (Wildman–Crippen LogP) is 25.6. The molecule has 0 atom stereocenters. The summed E-state index contributed by atoms with van der Waals surface area (Å²) < 4.78 is 0. The van der Waals surface area contributed by atoms with Crippen LogP contribution in [0.2, 0.25) is 0 Å². The molecule has 16 rings (SSSR count). The lowest BCUT2D eigenvalue weighted by molar-refractivity contribution is 0.866. The second-order valence-electron chi connectivity index (χ2n) is 24.3. The summed E-state index contributed by atoms with van der Waals surface area (Å²) in [4.78, 5) is 4.84. The van der Waals surface area contributed by atoms with Crippen molar-refractivity contribution in [2.24, 2.45) is 0 Å². The highest BCUT2D eigenvalue weighted by molar-refractivity contribution is 6.25. The number of nitrogens with zero attached hydrogens (tertiary/aromatic N) is 2. The Morgan fingerprint density at radius 2 is 0.556 bits per heavy atom. The zero-order valence-corrected chi connectivity index (χ0v) is 51.2. The van der Waals surface area contributed by atoms with Crippen molar-refractivity contribution in [3.8, 4) is 33.4 Å². The molecule has 2 heteroatoms. The number of para-hydroxylation sites is 2. The van der Waals surface area contributed by atoms with E-state index in [0.29, 0.717) is 11.8 Å². The summed E-state index contributed by atoms with van der Waals surface area (Å²) in [5, 5.41) is 17.6. The van der Waals surface area contributed by atoms with Crippen LogP contribution in [-0.4, -0.2) is 0 Å². The predicted molar refractivity (Wildman–Crippen MR) is 389 cm³/mol. The molecule has 0 fully saturated rings. The fourth-order valence-corrected chi connectivity index (χ4v) is 13.7. The van der Waals surface area contributed by atoms with Crippen molar-refractivity contribution >= 4 is 110 Å². The molecule has 430 valence electrons. The Morgan fingerprint density at radius 3 is 1.02 bits per heavy atom. The highest BCUT2D eigenvalue weighted by Crippen LogP contribution is 2.49. The molecule has 0 saturated heterocycles. The summed E-state index contributed by atoms with van der Waals surface area (Å²) in [5.74, 6) is 0.944. The van der Waals surface area contributed by atoms with Crippen molar-refractivity contribution < 1.29 is 0 Å². The van der Waals surface area contributed by atoms with Gasteiger partial charge in [-0.05, 0) is 188 Å². The molecule has 0 bridgehead atoms. The van der Waals surface area contributed by atoms with Crippen LogP contribution >= 0.6 is 0 Å². The molecule has 0 aliphatic heterocycles. The van der Waals surface area contributed by atoms with E-state index in [9.17, 15) is 0 Å². The lowest BCUT2D eigenvalue weighted by atomic mass is 9.85. The number of rotatable bonds is 11. The Balaban J connectivity index is 0.000000154. The number of hydrogen-bond donors (Lipinski definition) is 0. The van der Waals surface area contributed by atoms with Crippen LogP contribution in [0.1, 0.15) is 50.7 Å². The minimum absolute atomic E-state index is 0.472. The molecule has 0 spiro atoms. The van der Waals surface area contributed by atoms with E-state index in [2.05, 4.69) is 365 Å². The summed E-state index contributed by atoms with van der Waals surface area (Å²) in [5.41, 5.74) is 17.2. The Hall–Kier alpha value is -11.1. The average molecular weight is 1150 g/mol. The minimum Gasteiger partial charge on any atom is -0.310 e. The Labute approximate surface area is 527 Å². The fourth-order valence-electron chi connectivity index (χ4n) is 13.7. The van der Waals surface area contributed by atoms with Crippen molar-refractivity contribution in [2.45, 2.75) is 39.5 Å². The molecule has 16 aromatic carbocycles. The average Bonchev–Trinajstić information content (AvgIpc) is 0.754. The van der Waals surface area contributed by atoms with E-state index in [1.165, 1.54) is 131 Å². The van der Waals surface area contributed by atoms with Gasteiger partial charge in [0.25, 0.3) is 0 Å². The van der Waals surface area contributed by atoms with Crippen molar-refractivity contribution in [3.63, 3.8) is 0 Å². The maximum atomic E-state index is 2.42. The number of anilines is 6. The first-order valence-electron chi connectivity index (χ1n) is 31.6. The van der Waals surface area contributed by atoms with Crippen LogP contribution in [0.3, 0.4) is 0 Å². The molecule has 0 N–H and O–H groups in total. The quantitative estimate of drug-likeness (QED) is 0.0941. The van der Waals surface area contributed by atoms with Crippen molar-refractivity contribution in [2.75, 3.05) is 9.80 Å². The van der Waals surface area contributed by atoms with Gasteiger partial charge in [-0.2, -0.15) is 0 Å². The van der Waals surface area contributed by atoms with Crippen LogP contribution < -0.4 is 9.80 Å². The number of hydrogen-bond acceptors (Lipinski definition) is 2. The van der Waals surface area contributed by atoms with Gasteiger partial charge in [-0.25, -0.2) is 0 Å². The van der Waals surface area contributed by atoms with Gasteiger partial charge < -0.3 is 9.80 Å². The largest absolute Gasteiger partial charge is 0.310 e. The minimum atomic E-state index is 0.472. The molecule has 2 nitrogen and oxygen atoms in total. The van der Waals surface area contributed by atoms with E-state index in [-0.39, 0.29) is 0 Å². The van der Waals surface area contributed by atoms with Crippen LogP contribution in [0.15, 0.2) is 328 Å². The van der Waals surface area contributed by atoms with E-state index in [1.807, 2.05) is 0 Å². The summed E-state index contributed by atoms with van der Waals surface area (Å²) in [6, 6.07) is 120. The molecule has 16 aromatic rings. The third kappa shape index (κ3) is 10.3. The first-order chi connectivity index (χ1) is 44.3. The number of benzene rings is 16. The van der Waals surface area contributed by atoms with E-state index in [1.54, 1.807) is 0 Å². The third-order valence-corrected chi connectivity index (χ3v) is 18.2. The van der Waals surface area contributed by atoms with Gasteiger partial charge in [0.15, 0.2) is 0 Å². The summed E-state index contributed by atoms with van der Waals surface area (Å²) in [7, 11) is 0. The van der Waals surface area contributed by atoms with Crippen molar-refractivity contribution in [1.29, 1.82) is 0 Å². The molecule has 0 amide bonds. The van der Waals surface area contributed by atoms with Gasteiger partial charge in [0.1, 0.15) is 0 Å². The molecule has 0 radical (unpaired) electrons. The lowest BCUT2D eigenvalue weighted by Gasteiger charge is -2.30. The van der Waals surface area contributed by atoms with Gasteiger partial charge in [-0.15, -0.1) is 0 Å². The van der Waals surface area contributed by atoms with E-state index in [0.717, 1.165) is 22.7 Å².